The zero-order valence-electron chi connectivity index (χ0n) is 11.6. The van der Waals surface area contributed by atoms with Gasteiger partial charge in [-0.2, -0.15) is 0 Å². The highest BCUT2D eigenvalue weighted by atomic mass is 16.5. The van der Waals surface area contributed by atoms with Crippen LogP contribution in [0.15, 0.2) is 12.4 Å². The van der Waals surface area contributed by atoms with Crippen LogP contribution in [0, 0.1) is 0 Å². The van der Waals surface area contributed by atoms with Crippen molar-refractivity contribution in [2.75, 3.05) is 13.7 Å². The van der Waals surface area contributed by atoms with Crippen LogP contribution in [0.5, 0.6) is 0 Å². The monoisotopic (exact) mass is 251 g/mol. The molecule has 18 heavy (non-hydrogen) atoms. The van der Waals surface area contributed by atoms with Crippen molar-refractivity contribution in [1.29, 1.82) is 0 Å². The van der Waals surface area contributed by atoms with E-state index in [4.69, 9.17) is 4.74 Å². The van der Waals surface area contributed by atoms with Gasteiger partial charge < -0.3 is 14.6 Å². The van der Waals surface area contributed by atoms with E-state index in [2.05, 4.69) is 29.0 Å². The number of aromatic nitrogens is 2. The quantitative estimate of drug-likeness (QED) is 0.804. The first kappa shape index (κ1) is 13.6. The largest absolute Gasteiger partial charge is 0.378 e. The van der Waals surface area contributed by atoms with Gasteiger partial charge in [0.15, 0.2) is 0 Å². The first-order chi connectivity index (χ1) is 8.79. The van der Waals surface area contributed by atoms with Gasteiger partial charge in [0.2, 0.25) is 0 Å². The summed E-state index contributed by atoms with van der Waals surface area (Å²) in [7, 11) is 4.11. The minimum atomic E-state index is 0.508. The molecule has 2 unspecified atom stereocenters. The fraction of sp³-hybridized carbons (Fsp3) is 0.786. The molecule has 1 N–H and O–H groups in total. The van der Waals surface area contributed by atoms with E-state index in [0.29, 0.717) is 12.1 Å². The lowest BCUT2D eigenvalue weighted by atomic mass is 10.0. The zero-order chi connectivity index (χ0) is 12.8. The van der Waals surface area contributed by atoms with Crippen LogP contribution in [0.3, 0.4) is 0 Å². The van der Waals surface area contributed by atoms with Gasteiger partial charge in [-0.3, -0.25) is 0 Å². The molecular weight excluding hydrogens is 226 g/mol. The molecule has 1 aliphatic rings. The average Bonchev–Trinajstić information content (AvgIpc) is 3.01. The topological polar surface area (TPSA) is 39.1 Å². The van der Waals surface area contributed by atoms with E-state index in [0.717, 1.165) is 19.4 Å². The summed E-state index contributed by atoms with van der Waals surface area (Å²) in [6.07, 6.45) is 11.4. The molecule has 0 aromatic carbocycles. The van der Waals surface area contributed by atoms with Gasteiger partial charge in [-0.15, -0.1) is 0 Å². The summed E-state index contributed by atoms with van der Waals surface area (Å²) >= 11 is 0. The molecule has 0 saturated carbocycles. The maximum Gasteiger partial charge on any atom is 0.108 e. The number of nitrogens with one attached hydrogen (secondary N) is 1. The number of aryl methyl sites for hydroxylation is 2. The van der Waals surface area contributed by atoms with Gasteiger partial charge in [0.1, 0.15) is 5.82 Å². The Kier molecular flexibility index (Phi) is 5.20. The molecule has 0 bridgehead atoms. The molecule has 0 radical (unpaired) electrons. The SMILES string of the molecule is CNC(CCc1nccn1C)CCC1CCCO1. The maximum atomic E-state index is 5.67. The first-order valence-electron chi connectivity index (χ1n) is 7.04. The standard InChI is InChI=1S/C14H25N3O/c1-15-12(5-7-13-4-3-11-18-13)6-8-14-16-9-10-17(14)2/h9-10,12-13,15H,3-8,11H2,1-2H3. The molecule has 1 fully saturated rings. The van der Waals surface area contributed by atoms with Crippen LogP contribution in [-0.4, -0.2) is 35.4 Å². The number of ether oxygens (including phenoxy) is 1. The number of imidazole rings is 1. The molecule has 1 aliphatic heterocycles. The van der Waals surface area contributed by atoms with Crippen LogP contribution in [0.4, 0.5) is 0 Å². The second-order valence-corrected chi connectivity index (χ2v) is 5.19. The Morgan fingerprint density at radius 2 is 2.44 bits per heavy atom. The third-order valence-corrected chi connectivity index (χ3v) is 3.91. The highest BCUT2D eigenvalue weighted by molar-refractivity contribution is 4.92. The van der Waals surface area contributed by atoms with Gasteiger partial charge in [0, 0.05) is 38.5 Å². The molecule has 2 rings (SSSR count). The predicted molar refractivity (Wildman–Crippen MR) is 72.6 cm³/mol. The summed E-state index contributed by atoms with van der Waals surface area (Å²) in [4.78, 5) is 4.37. The first-order valence-corrected chi connectivity index (χ1v) is 7.04. The summed E-state index contributed by atoms with van der Waals surface area (Å²) in [5.74, 6) is 1.17. The third kappa shape index (κ3) is 3.82. The minimum absolute atomic E-state index is 0.508. The van der Waals surface area contributed by atoms with Crippen molar-refractivity contribution in [3.8, 4) is 0 Å². The van der Waals surface area contributed by atoms with Crippen molar-refractivity contribution in [3.05, 3.63) is 18.2 Å². The normalized spacial score (nSPS) is 21.3. The molecule has 0 spiro atoms. The highest BCUT2D eigenvalue weighted by Crippen LogP contribution is 2.18. The Morgan fingerprint density at radius 1 is 1.56 bits per heavy atom. The fourth-order valence-corrected chi connectivity index (χ4v) is 2.63. The van der Waals surface area contributed by atoms with E-state index >= 15 is 0 Å². The molecule has 1 aromatic heterocycles. The molecule has 4 heteroatoms. The Morgan fingerprint density at radius 3 is 3.06 bits per heavy atom. The van der Waals surface area contributed by atoms with Gasteiger partial charge in [0.25, 0.3) is 0 Å². The summed E-state index contributed by atoms with van der Waals surface area (Å²) in [5.41, 5.74) is 0. The molecule has 102 valence electrons. The second kappa shape index (κ2) is 6.90. The third-order valence-electron chi connectivity index (χ3n) is 3.91. The Balaban J connectivity index is 1.70. The molecule has 4 nitrogen and oxygen atoms in total. The number of rotatable bonds is 7. The van der Waals surface area contributed by atoms with Crippen LogP contribution in [-0.2, 0) is 18.2 Å². The summed E-state index contributed by atoms with van der Waals surface area (Å²) in [6.45, 7) is 0.960. The molecule has 1 aromatic rings. The molecule has 0 amide bonds. The van der Waals surface area contributed by atoms with Crippen molar-refractivity contribution in [2.45, 2.75) is 50.7 Å². The van der Waals surface area contributed by atoms with Crippen molar-refractivity contribution in [2.24, 2.45) is 7.05 Å². The van der Waals surface area contributed by atoms with Gasteiger partial charge in [-0.1, -0.05) is 0 Å². The Labute approximate surface area is 110 Å². The van der Waals surface area contributed by atoms with E-state index < -0.39 is 0 Å². The molecule has 1 saturated heterocycles. The van der Waals surface area contributed by atoms with Crippen LogP contribution in [0.2, 0.25) is 0 Å². The minimum Gasteiger partial charge on any atom is -0.378 e. The van der Waals surface area contributed by atoms with Gasteiger partial charge in [0.05, 0.1) is 6.10 Å². The van der Waals surface area contributed by atoms with Crippen LogP contribution < -0.4 is 5.32 Å². The van der Waals surface area contributed by atoms with Crippen LogP contribution in [0.1, 0.15) is 37.9 Å². The van der Waals surface area contributed by atoms with Crippen molar-refractivity contribution >= 4 is 0 Å². The van der Waals surface area contributed by atoms with Gasteiger partial charge >= 0.3 is 0 Å². The predicted octanol–water partition coefficient (Wildman–Crippen LogP) is 1.90. The van der Waals surface area contributed by atoms with E-state index in [1.54, 1.807) is 0 Å². The Bertz CT molecular complexity index is 345. The van der Waals surface area contributed by atoms with E-state index in [1.165, 1.54) is 31.5 Å². The van der Waals surface area contributed by atoms with Crippen molar-refractivity contribution in [3.63, 3.8) is 0 Å². The lowest BCUT2D eigenvalue weighted by Gasteiger charge is -2.18. The molecule has 2 atom stereocenters. The number of hydrogen-bond donors (Lipinski definition) is 1. The number of nitrogens with zero attached hydrogens (tertiary/aromatic N) is 2. The molecule has 0 aliphatic carbocycles. The Hall–Kier alpha value is -0.870. The summed E-state index contributed by atoms with van der Waals surface area (Å²) in [6, 6.07) is 0.575. The second-order valence-electron chi connectivity index (χ2n) is 5.19. The van der Waals surface area contributed by atoms with E-state index in [9.17, 15) is 0 Å². The summed E-state index contributed by atoms with van der Waals surface area (Å²) in [5, 5.41) is 3.42. The van der Waals surface area contributed by atoms with Crippen LogP contribution >= 0.6 is 0 Å². The molecule has 2 heterocycles. The lowest BCUT2D eigenvalue weighted by molar-refractivity contribution is 0.0995. The average molecular weight is 251 g/mol. The maximum absolute atomic E-state index is 5.67. The fourth-order valence-electron chi connectivity index (χ4n) is 2.63. The van der Waals surface area contributed by atoms with E-state index in [-0.39, 0.29) is 0 Å². The zero-order valence-corrected chi connectivity index (χ0v) is 11.6. The van der Waals surface area contributed by atoms with Crippen LogP contribution in [0.25, 0.3) is 0 Å². The lowest BCUT2D eigenvalue weighted by Crippen LogP contribution is -2.27. The van der Waals surface area contributed by atoms with Gasteiger partial charge in [-0.05, 0) is 39.2 Å². The highest BCUT2D eigenvalue weighted by Gasteiger charge is 2.17. The number of hydrogen-bond acceptors (Lipinski definition) is 3. The van der Waals surface area contributed by atoms with Gasteiger partial charge in [-0.25, -0.2) is 4.98 Å². The summed E-state index contributed by atoms with van der Waals surface area (Å²) < 4.78 is 7.78. The van der Waals surface area contributed by atoms with Crippen molar-refractivity contribution < 1.29 is 4.74 Å². The molecular formula is C14H25N3O. The van der Waals surface area contributed by atoms with E-state index in [1.807, 2.05) is 12.4 Å². The van der Waals surface area contributed by atoms with Crippen molar-refractivity contribution in [1.82, 2.24) is 14.9 Å². The smallest absolute Gasteiger partial charge is 0.108 e.